The summed E-state index contributed by atoms with van der Waals surface area (Å²) in [6.45, 7) is 1.97. The first kappa shape index (κ1) is 13.9. The number of hydrogen-bond donors (Lipinski definition) is 1. The van der Waals surface area contributed by atoms with Crippen LogP contribution in [0.5, 0.6) is 11.5 Å². The molecule has 0 unspecified atom stereocenters. The van der Waals surface area contributed by atoms with E-state index in [4.69, 9.17) is 19.1 Å². The maximum absolute atomic E-state index is 10.8. The number of carboxylic acids is 1. The molecule has 1 heterocycles. The molecule has 0 fully saturated rings. The van der Waals surface area contributed by atoms with E-state index in [1.54, 1.807) is 20.3 Å². The number of ether oxygens (including phenoxy) is 2. The van der Waals surface area contributed by atoms with Crippen molar-refractivity contribution in [1.29, 1.82) is 0 Å². The molecule has 0 bridgehead atoms. The van der Waals surface area contributed by atoms with E-state index in [2.05, 4.69) is 5.16 Å². The highest BCUT2D eigenvalue weighted by Crippen LogP contribution is 2.38. The van der Waals surface area contributed by atoms with Gasteiger partial charge < -0.3 is 19.1 Å². The molecule has 2 rings (SSSR count). The van der Waals surface area contributed by atoms with E-state index in [1.165, 1.54) is 6.07 Å². The van der Waals surface area contributed by atoms with E-state index in [9.17, 15) is 4.79 Å². The Morgan fingerprint density at radius 2 is 2.10 bits per heavy atom. The molecule has 0 aliphatic carbocycles. The Morgan fingerprint density at radius 3 is 2.60 bits per heavy atom. The van der Waals surface area contributed by atoms with Gasteiger partial charge in [-0.3, -0.25) is 0 Å². The number of carboxylic acid groups (broad SMARTS) is 1. The molecule has 0 atom stereocenters. The van der Waals surface area contributed by atoms with Crippen LogP contribution in [0.4, 0.5) is 0 Å². The second-order valence-electron chi connectivity index (χ2n) is 4.06. The van der Waals surface area contributed by atoms with Gasteiger partial charge in [-0.2, -0.15) is 0 Å². The largest absolute Gasteiger partial charge is 0.493 e. The summed E-state index contributed by atoms with van der Waals surface area (Å²) in [5.41, 5.74) is 2.11. The van der Waals surface area contributed by atoms with Gasteiger partial charge in [-0.1, -0.05) is 12.1 Å². The normalized spacial score (nSPS) is 10.3. The van der Waals surface area contributed by atoms with Crippen molar-refractivity contribution in [2.45, 2.75) is 13.3 Å². The molecule has 20 heavy (non-hydrogen) atoms. The molecular formula is C14H15NO5. The fraction of sp³-hybridized carbons (Fsp3) is 0.286. The summed E-state index contributed by atoms with van der Waals surface area (Å²) in [5, 5.41) is 12.7. The van der Waals surface area contributed by atoms with Crippen LogP contribution in [0.2, 0.25) is 0 Å². The van der Waals surface area contributed by atoms with Crippen LogP contribution in [0, 0.1) is 0 Å². The third-order valence-corrected chi connectivity index (χ3v) is 3.00. The van der Waals surface area contributed by atoms with E-state index in [0.29, 0.717) is 23.6 Å². The zero-order chi connectivity index (χ0) is 14.7. The first-order valence-electron chi connectivity index (χ1n) is 6.06. The van der Waals surface area contributed by atoms with Crippen molar-refractivity contribution in [3.63, 3.8) is 0 Å². The van der Waals surface area contributed by atoms with Gasteiger partial charge in [-0.15, -0.1) is 0 Å². The number of nitrogens with zero attached hydrogens (tertiary/aromatic N) is 1. The van der Waals surface area contributed by atoms with Gasteiger partial charge in [-0.25, -0.2) is 4.79 Å². The van der Waals surface area contributed by atoms with E-state index >= 15 is 0 Å². The topological polar surface area (TPSA) is 81.8 Å². The summed E-state index contributed by atoms with van der Waals surface area (Å²) < 4.78 is 15.4. The van der Waals surface area contributed by atoms with Crippen LogP contribution in [0.1, 0.15) is 23.0 Å². The van der Waals surface area contributed by atoms with Crippen molar-refractivity contribution in [2.75, 3.05) is 14.2 Å². The summed E-state index contributed by atoms with van der Waals surface area (Å²) in [6, 6.07) is 4.95. The molecule has 1 aromatic carbocycles. The smallest absolute Gasteiger partial charge is 0.374 e. The molecule has 0 saturated carbocycles. The predicted octanol–water partition coefficient (Wildman–Crippen LogP) is 2.62. The fourth-order valence-electron chi connectivity index (χ4n) is 2.08. The van der Waals surface area contributed by atoms with E-state index < -0.39 is 5.97 Å². The molecule has 6 nitrogen and oxygen atoms in total. The minimum absolute atomic E-state index is 0.197. The lowest BCUT2D eigenvalue weighted by molar-refractivity contribution is 0.0652. The molecule has 0 saturated heterocycles. The average molecular weight is 277 g/mol. The summed E-state index contributed by atoms with van der Waals surface area (Å²) in [5.74, 6) is -0.110. The summed E-state index contributed by atoms with van der Waals surface area (Å²) in [4.78, 5) is 10.8. The fourth-order valence-corrected chi connectivity index (χ4v) is 2.08. The van der Waals surface area contributed by atoms with E-state index in [-0.39, 0.29) is 5.76 Å². The van der Waals surface area contributed by atoms with Crippen molar-refractivity contribution in [2.24, 2.45) is 0 Å². The van der Waals surface area contributed by atoms with Gasteiger partial charge in [-0.05, 0) is 18.6 Å². The Kier molecular flexibility index (Phi) is 3.93. The third-order valence-electron chi connectivity index (χ3n) is 3.00. The molecule has 0 radical (unpaired) electrons. The number of aromatic nitrogens is 1. The molecule has 0 amide bonds. The maximum atomic E-state index is 10.8. The minimum atomic E-state index is -1.15. The highest BCUT2D eigenvalue weighted by molar-refractivity contribution is 5.86. The van der Waals surface area contributed by atoms with Crippen LogP contribution in [0.15, 0.2) is 22.7 Å². The lowest BCUT2D eigenvalue weighted by Gasteiger charge is -2.14. The third kappa shape index (κ3) is 2.32. The molecule has 0 spiro atoms. The van der Waals surface area contributed by atoms with E-state index in [0.717, 1.165) is 11.1 Å². The molecule has 0 aliphatic heterocycles. The average Bonchev–Trinajstić information content (AvgIpc) is 2.95. The van der Waals surface area contributed by atoms with Crippen LogP contribution >= 0.6 is 0 Å². The number of aromatic carboxylic acids is 1. The zero-order valence-electron chi connectivity index (χ0n) is 11.5. The van der Waals surface area contributed by atoms with Crippen LogP contribution in [0.3, 0.4) is 0 Å². The van der Waals surface area contributed by atoms with Crippen molar-refractivity contribution in [3.8, 4) is 22.8 Å². The lowest BCUT2D eigenvalue weighted by Crippen LogP contribution is -1.98. The van der Waals surface area contributed by atoms with Crippen LogP contribution in [0.25, 0.3) is 11.3 Å². The quantitative estimate of drug-likeness (QED) is 0.904. The zero-order valence-corrected chi connectivity index (χ0v) is 11.5. The van der Waals surface area contributed by atoms with Gasteiger partial charge in [0.1, 0.15) is 5.69 Å². The first-order chi connectivity index (χ1) is 9.62. The van der Waals surface area contributed by atoms with Crippen LogP contribution < -0.4 is 9.47 Å². The van der Waals surface area contributed by atoms with Gasteiger partial charge in [0, 0.05) is 17.2 Å². The van der Waals surface area contributed by atoms with Gasteiger partial charge in [0.2, 0.25) is 5.76 Å². The Hall–Kier alpha value is -2.50. The Labute approximate surface area is 115 Å². The molecule has 1 aromatic heterocycles. The van der Waals surface area contributed by atoms with Gasteiger partial charge >= 0.3 is 5.97 Å². The van der Waals surface area contributed by atoms with Crippen molar-refractivity contribution in [3.05, 3.63) is 29.5 Å². The van der Waals surface area contributed by atoms with E-state index in [1.807, 2.05) is 13.0 Å². The van der Waals surface area contributed by atoms with Crippen LogP contribution in [-0.4, -0.2) is 30.5 Å². The number of hydrogen-bond acceptors (Lipinski definition) is 5. The van der Waals surface area contributed by atoms with Gasteiger partial charge in [0.25, 0.3) is 0 Å². The van der Waals surface area contributed by atoms with Gasteiger partial charge in [0.05, 0.1) is 14.2 Å². The lowest BCUT2D eigenvalue weighted by atomic mass is 10.0. The molecule has 0 aliphatic rings. The Balaban J connectivity index is 2.58. The number of benzene rings is 1. The minimum Gasteiger partial charge on any atom is -0.493 e. The Bertz CT molecular complexity index is 632. The predicted molar refractivity (Wildman–Crippen MR) is 71.4 cm³/mol. The summed E-state index contributed by atoms with van der Waals surface area (Å²) in [6.07, 6.45) is 0.685. The van der Waals surface area contributed by atoms with Crippen molar-refractivity contribution in [1.82, 2.24) is 5.16 Å². The van der Waals surface area contributed by atoms with Gasteiger partial charge in [0.15, 0.2) is 11.5 Å². The number of carbonyl (C=O) groups is 1. The highest BCUT2D eigenvalue weighted by atomic mass is 16.5. The van der Waals surface area contributed by atoms with Crippen molar-refractivity contribution < 1.29 is 23.9 Å². The standard InChI is InChI=1S/C14H15NO5/c1-4-8-9(5-6-11(18-2)13(8)19-3)10-7-12(14(16)17)20-15-10/h5-7H,4H2,1-3H3,(H,16,17). The monoisotopic (exact) mass is 277 g/mol. The molecule has 1 N–H and O–H groups in total. The molecule has 6 heteroatoms. The highest BCUT2D eigenvalue weighted by Gasteiger charge is 2.19. The SMILES string of the molecule is CCc1c(-c2cc(C(=O)O)on2)ccc(OC)c1OC. The second kappa shape index (κ2) is 5.64. The molecular weight excluding hydrogens is 262 g/mol. The number of methoxy groups -OCH3 is 2. The molecule has 2 aromatic rings. The first-order valence-corrected chi connectivity index (χ1v) is 6.06. The van der Waals surface area contributed by atoms with Crippen molar-refractivity contribution >= 4 is 5.97 Å². The summed E-state index contributed by atoms with van der Waals surface area (Å²) in [7, 11) is 3.13. The number of rotatable bonds is 5. The molecule has 106 valence electrons. The summed E-state index contributed by atoms with van der Waals surface area (Å²) >= 11 is 0. The second-order valence-corrected chi connectivity index (χ2v) is 4.06. The maximum Gasteiger partial charge on any atom is 0.374 e. The van der Waals surface area contributed by atoms with Crippen LogP contribution in [-0.2, 0) is 6.42 Å². The Morgan fingerprint density at radius 1 is 1.35 bits per heavy atom.